The van der Waals surface area contributed by atoms with Gasteiger partial charge in [0.1, 0.15) is 6.17 Å². The maximum absolute atomic E-state index is 12.5. The molecule has 0 saturated carbocycles. The normalized spacial score (nSPS) is 28.1. The summed E-state index contributed by atoms with van der Waals surface area (Å²) in [5.74, 6) is 0.659. The molecule has 2 fully saturated rings. The van der Waals surface area contributed by atoms with Crippen LogP contribution in [0.4, 0.5) is 0 Å². The minimum atomic E-state index is 0.0670. The molecule has 2 N–H and O–H groups in total. The van der Waals surface area contributed by atoms with Crippen molar-refractivity contribution in [2.24, 2.45) is 5.10 Å². The molecule has 0 spiro atoms. The summed E-state index contributed by atoms with van der Waals surface area (Å²) in [4.78, 5) is 16.6. The van der Waals surface area contributed by atoms with Crippen LogP contribution in [0.3, 0.4) is 0 Å². The molecule has 154 valence electrons. The van der Waals surface area contributed by atoms with Crippen LogP contribution in [-0.2, 0) is 4.79 Å². The standard InChI is InChI=1S/C20H25ClN6OS/c21-15-6-4-14(5-7-15)16-12-17-19-22-23-20(26(19)10-11-27(17)24-16)29-13-18(28)25-8-2-1-3-9-25/h4-7,10-11,16-17,19,22,24H,1-3,8-9,12-13H2. The quantitative estimate of drug-likeness (QED) is 0.765. The highest BCUT2D eigenvalue weighted by Crippen LogP contribution is 2.35. The average molecular weight is 433 g/mol. The van der Waals surface area contributed by atoms with E-state index in [1.165, 1.54) is 23.7 Å². The first-order chi connectivity index (χ1) is 14.2. The SMILES string of the molecule is O=C(CSC1=NNC2C3CC(c4ccc(Cl)cc4)NN3C=CN12)N1CCCCC1. The molecule has 3 atom stereocenters. The lowest BCUT2D eigenvalue weighted by molar-refractivity contribution is -0.129. The zero-order valence-corrected chi connectivity index (χ0v) is 17.7. The second-order valence-electron chi connectivity index (χ2n) is 7.85. The Bertz CT molecular complexity index is 825. The molecule has 0 radical (unpaired) electrons. The van der Waals surface area contributed by atoms with Crippen LogP contribution in [-0.4, -0.2) is 56.9 Å². The number of nitrogens with one attached hydrogen (secondary N) is 2. The predicted octanol–water partition coefficient (Wildman–Crippen LogP) is 2.69. The number of hydrazine groups is 1. The zero-order valence-electron chi connectivity index (χ0n) is 16.1. The van der Waals surface area contributed by atoms with Crippen molar-refractivity contribution in [2.45, 2.75) is 43.9 Å². The number of nitrogens with zero attached hydrogens (tertiary/aromatic N) is 4. The van der Waals surface area contributed by atoms with Crippen LogP contribution in [0.1, 0.15) is 37.3 Å². The van der Waals surface area contributed by atoms with Crippen LogP contribution in [0.5, 0.6) is 0 Å². The number of carbonyl (C=O) groups is 1. The van der Waals surface area contributed by atoms with Gasteiger partial charge in [0.2, 0.25) is 5.91 Å². The van der Waals surface area contributed by atoms with E-state index in [1.807, 2.05) is 23.2 Å². The van der Waals surface area contributed by atoms with E-state index in [2.05, 4.69) is 44.2 Å². The fraction of sp³-hybridized carbons (Fsp3) is 0.500. The van der Waals surface area contributed by atoms with Crippen LogP contribution in [0.15, 0.2) is 41.8 Å². The van der Waals surface area contributed by atoms with Crippen LogP contribution >= 0.6 is 23.4 Å². The van der Waals surface area contributed by atoms with Gasteiger partial charge in [-0.15, -0.1) is 0 Å². The van der Waals surface area contributed by atoms with Crippen LogP contribution < -0.4 is 10.9 Å². The number of thioether (sulfide) groups is 1. The van der Waals surface area contributed by atoms with Gasteiger partial charge in [-0.3, -0.25) is 10.2 Å². The summed E-state index contributed by atoms with van der Waals surface area (Å²) >= 11 is 7.55. The van der Waals surface area contributed by atoms with E-state index in [0.717, 1.165) is 42.5 Å². The summed E-state index contributed by atoms with van der Waals surface area (Å²) in [7, 11) is 0. The van der Waals surface area contributed by atoms with Crippen LogP contribution in [0, 0.1) is 0 Å². The maximum Gasteiger partial charge on any atom is 0.233 e. The molecule has 1 amide bonds. The van der Waals surface area contributed by atoms with Gasteiger partial charge < -0.3 is 14.8 Å². The molecule has 9 heteroatoms. The van der Waals surface area contributed by atoms with Gasteiger partial charge in [-0.2, -0.15) is 5.10 Å². The highest BCUT2D eigenvalue weighted by molar-refractivity contribution is 8.14. The summed E-state index contributed by atoms with van der Waals surface area (Å²) in [6.07, 6.45) is 8.60. The Morgan fingerprint density at radius 2 is 1.97 bits per heavy atom. The van der Waals surface area contributed by atoms with E-state index in [1.54, 1.807) is 0 Å². The number of carbonyl (C=O) groups excluding carboxylic acids is 1. The van der Waals surface area contributed by atoms with E-state index < -0.39 is 0 Å². The molecule has 1 aromatic carbocycles. The summed E-state index contributed by atoms with van der Waals surface area (Å²) in [6.45, 7) is 1.79. The minimum absolute atomic E-state index is 0.0670. The summed E-state index contributed by atoms with van der Waals surface area (Å²) in [6, 6.07) is 8.51. The van der Waals surface area contributed by atoms with Gasteiger partial charge in [-0.1, -0.05) is 35.5 Å². The number of likely N-dealkylation sites (tertiary alicyclic amines) is 1. The highest BCUT2D eigenvalue weighted by Gasteiger charge is 2.44. The number of rotatable bonds is 3. The molecule has 0 bridgehead atoms. The van der Waals surface area contributed by atoms with Crippen molar-refractivity contribution < 1.29 is 4.79 Å². The second kappa shape index (κ2) is 8.08. The van der Waals surface area contributed by atoms with Crippen molar-refractivity contribution in [3.8, 4) is 0 Å². The summed E-state index contributed by atoms with van der Waals surface area (Å²) < 4.78 is 0. The fourth-order valence-corrected chi connectivity index (χ4v) is 5.43. The smallest absolute Gasteiger partial charge is 0.233 e. The number of hydrazone groups is 1. The van der Waals surface area contributed by atoms with Gasteiger partial charge in [0.25, 0.3) is 0 Å². The lowest BCUT2D eigenvalue weighted by Crippen LogP contribution is -2.54. The van der Waals surface area contributed by atoms with Gasteiger partial charge in [0.15, 0.2) is 5.17 Å². The largest absolute Gasteiger partial charge is 0.342 e. The number of hydrogen-bond acceptors (Lipinski definition) is 7. The molecule has 4 aliphatic heterocycles. The van der Waals surface area contributed by atoms with E-state index in [9.17, 15) is 4.79 Å². The Kier molecular flexibility index (Phi) is 5.32. The Morgan fingerprint density at radius 1 is 1.17 bits per heavy atom. The average Bonchev–Trinajstić information content (AvgIpc) is 3.37. The number of hydrogen-bond donors (Lipinski definition) is 2. The lowest BCUT2D eigenvalue weighted by Gasteiger charge is -2.36. The molecule has 4 heterocycles. The van der Waals surface area contributed by atoms with E-state index in [4.69, 9.17) is 11.6 Å². The predicted molar refractivity (Wildman–Crippen MR) is 116 cm³/mol. The number of fused-ring (bicyclic) bond motifs is 3. The zero-order chi connectivity index (χ0) is 19.8. The molecule has 4 aliphatic rings. The molecular weight excluding hydrogens is 408 g/mol. The molecule has 3 unspecified atom stereocenters. The molecule has 0 aliphatic carbocycles. The number of benzene rings is 1. The fourth-order valence-electron chi connectivity index (χ4n) is 4.42. The van der Waals surface area contributed by atoms with Gasteiger partial charge in [-0.25, -0.2) is 5.43 Å². The lowest BCUT2D eigenvalue weighted by atomic mass is 10.00. The van der Waals surface area contributed by atoms with Gasteiger partial charge >= 0.3 is 0 Å². The summed E-state index contributed by atoms with van der Waals surface area (Å²) in [5.41, 5.74) is 8.07. The second-order valence-corrected chi connectivity index (χ2v) is 9.23. The van der Waals surface area contributed by atoms with Crippen molar-refractivity contribution in [1.82, 2.24) is 25.7 Å². The molecule has 5 rings (SSSR count). The number of piperidine rings is 1. The van der Waals surface area contributed by atoms with Crippen molar-refractivity contribution in [1.29, 1.82) is 0 Å². The van der Waals surface area contributed by atoms with Crippen molar-refractivity contribution in [2.75, 3.05) is 18.8 Å². The molecule has 29 heavy (non-hydrogen) atoms. The first-order valence-electron chi connectivity index (χ1n) is 10.2. The molecule has 0 aromatic heterocycles. The van der Waals surface area contributed by atoms with E-state index in [0.29, 0.717) is 5.75 Å². The maximum atomic E-state index is 12.5. The topological polar surface area (TPSA) is 63.2 Å². The first kappa shape index (κ1) is 19.1. The van der Waals surface area contributed by atoms with E-state index >= 15 is 0 Å². The minimum Gasteiger partial charge on any atom is -0.342 e. The third-order valence-corrected chi connectivity index (χ3v) is 7.21. The first-order valence-corrected chi connectivity index (χ1v) is 11.6. The monoisotopic (exact) mass is 432 g/mol. The molecule has 1 aromatic rings. The Morgan fingerprint density at radius 3 is 2.76 bits per heavy atom. The van der Waals surface area contributed by atoms with Gasteiger partial charge in [0, 0.05) is 30.5 Å². The molecule has 7 nitrogen and oxygen atoms in total. The Labute approximate surface area is 180 Å². The van der Waals surface area contributed by atoms with Gasteiger partial charge in [0.05, 0.1) is 17.8 Å². The third-order valence-electron chi connectivity index (χ3n) is 6.01. The van der Waals surface area contributed by atoms with Crippen molar-refractivity contribution in [3.05, 3.63) is 47.3 Å². The number of halogens is 1. The number of amidine groups is 1. The molecular formula is C20H25ClN6OS. The highest BCUT2D eigenvalue weighted by atomic mass is 35.5. The Hall–Kier alpha value is -1.90. The summed E-state index contributed by atoms with van der Waals surface area (Å²) in [5, 5.41) is 8.31. The van der Waals surface area contributed by atoms with Crippen molar-refractivity contribution >= 4 is 34.4 Å². The van der Waals surface area contributed by atoms with Crippen LogP contribution in [0.25, 0.3) is 0 Å². The Balaban J connectivity index is 1.20. The van der Waals surface area contributed by atoms with Gasteiger partial charge in [-0.05, 0) is 43.4 Å². The molecule has 2 saturated heterocycles. The number of amides is 1. The van der Waals surface area contributed by atoms with Crippen LogP contribution in [0.2, 0.25) is 5.02 Å². The van der Waals surface area contributed by atoms with E-state index in [-0.39, 0.29) is 24.2 Å². The van der Waals surface area contributed by atoms with Crippen molar-refractivity contribution in [3.63, 3.8) is 0 Å². The third kappa shape index (κ3) is 3.81.